The molecule has 0 bridgehead atoms. The largest absolute Gasteiger partial charge is 0.338 e. The quantitative estimate of drug-likeness (QED) is 0.381. The van der Waals surface area contributed by atoms with E-state index in [1.807, 2.05) is 34.5 Å². The van der Waals surface area contributed by atoms with Crippen LogP contribution in [0.5, 0.6) is 0 Å². The summed E-state index contributed by atoms with van der Waals surface area (Å²) in [7, 11) is 0. The van der Waals surface area contributed by atoms with E-state index in [1.54, 1.807) is 29.2 Å². The molecule has 164 valence electrons. The number of benzene rings is 2. The van der Waals surface area contributed by atoms with E-state index in [2.05, 4.69) is 11.6 Å². The third kappa shape index (κ3) is 4.88. The van der Waals surface area contributed by atoms with Gasteiger partial charge in [-0.3, -0.25) is 14.5 Å². The van der Waals surface area contributed by atoms with E-state index in [0.29, 0.717) is 45.9 Å². The fourth-order valence-electron chi connectivity index (χ4n) is 3.60. The number of rotatable bonds is 7. The van der Waals surface area contributed by atoms with Gasteiger partial charge in [-0.2, -0.15) is 0 Å². The summed E-state index contributed by atoms with van der Waals surface area (Å²) in [5.74, 6) is -0.0119. The second-order valence-corrected chi connectivity index (χ2v) is 9.12. The van der Waals surface area contributed by atoms with Crippen LogP contribution in [0.1, 0.15) is 28.8 Å². The van der Waals surface area contributed by atoms with Crippen molar-refractivity contribution in [1.82, 2.24) is 9.88 Å². The molecule has 4 rings (SSSR count). The van der Waals surface area contributed by atoms with Crippen molar-refractivity contribution >= 4 is 51.5 Å². The van der Waals surface area contributed by atoms with E-state index >= 15 is 0 Å². The number of anilines is 1. The van der Waals surface area contributed by atoms with Gasteiger partial charge in [0.25, 0.3) is 5.91 Å². The van der Waals surface area contributed by atoms with Gasteiger partial charge in [-0.05, 0) is 36.2 Å². The molecule has 5 nitrogen and oxygen atoms in total. The number of halogens is 2. The van der Waals surface area contributed by atoms with Crippen molar-refractivity contribution in [1.29, 1.82) is 0 Å². The maximum atomic E-state index is 13.4. The Balaban J connectivity index is 1.58. The number of aromatic nitrogens is 1. The summed E-state index contributed by atoms with van der Waals surface area (Å²) >= 11 is 13.5. The Bertz CT molecular complexity index is 1180. The predicted molar refractivity (Wildman–Crippen MR) is 131 cm³/mol. The van der Waals surface area contributed by atoms with Crippen molar-refractivity contribution in [2.45, 2.75) is 19.4 Å². The van der Waals surface area contributed by atoms with E-state index in [9.17, 15) is 9.59 Å². The van der Waals surface area contributed by atoms with Crippen LogP contribution in [-0.4, -0.2) is 34.8 Å². The Kier molecular flexibility index (Phi) is 6.94. The third-order valence-corrected chi connectivity index (χ3v) is 6.82. The molecule has 0 saturated carbocycles. The molecule has 0 atom stereocenters. The van der Waals surface area contributed by atoms with Gasteiger partial charge in [0.1, 0.15) is 0 Å². The van der Waals surface area contributed by atoms with Gasteiger partial charge in [0.05, 0.1) is 15.7 Å². The Morgan fingerprint density at radius 2 is 2.06 bits per heavy atom. The number of nitrogens with zero attached hydrogens (tertiary/aromatic N) is 3. The van der Waals surface area contributed by atoms with Gasteiger partial charge in [0, 0.05) is 42.6 Å². The van der Waals surface area contributed by atoms with Gasteiger partial charge in [-0.25, -0.2) is 4.98 Å². The molecule has 1 aromatic heterocycles. The van der Waals surface area contributed by atoms with Crippen LogP contribution in [-0.2, 0) is 11.3 Å². The monoisotopic (exact) mass is 485 g/mol. The molecule has 1 saturated heterocycles. The second-order valence-electron chi connectivity index (χ2n) is 7.47. The fraction of sp³-hybridized carbons (Fsp3) is 0.208. The molecule has 1 aliphatic rings. The summed E-state index contributed by atoms with van der Waals surface area (Å²) in [6.07, 6.45) is 3.15. The number of carbonyl (C=O) groups is 2. The Morgan fingerprint density at radius 1 is 1.22 bits per heavy atom. The minimum Gasteiger partial charge on any atom is -0.338 e. The zero-order chi connectivity index (χ0) is 22.7. The normalized spacial score (nSPS) is 13.4. The van der Waals surface area contributed by atoms with Crippen molar-refractivity contribution in [3.8, 4) is 11.3 Å². The maximum Gasteiger partial charge on any atom is 0.260 e. The first-order valence-corrected chi connectivity index (χ1v) is 11.8. The Hall–Kier alpha value is -2.67. The van der Waals surface area contributed by atoms with E-state index in [-0.39, 0.29) is 11.8 Å². The molecule has 0 radical (unpaired) electrons. The standard InChI is InChI=1S/C24H21Cl2N3O2S/c1-2-10-29(24-27-21(15-32-24)17-8-9-19(25)20(26)13-17)23(31)18-6-3-5-16(12-18)14-28-11-4-7-22(28)30/h2-3,5-6,8-9,12-13,15H,1,4,7,10-11,14H2. The van der Waals surface area contributed by atoms with Crippen LogP contribution in [0.4, 0.5) is 5.13 Å². The summed E-state index contributed by atoms with van der Waals surface area (Å²) in [5.41, 5.74) is 3.01. The van der Waals surface area contributed by atoms with Crippen LogP contribution in [0, 0.1) is 0 Å². The first-order chi connectivity index (χ1) is 15.5. The molecule has 1 fully saturated rings. The summed E-state index contributed by atoms with van der Waals surface area (Å²) in [5, 5.41) is 3.38. The number of carbonyl (C=O) groups excluding carboxylic acids is 2. The highest BCUT2D eigenvalue weighted by Gasteiger charge is 2.23. The molecule has 2 aromatic carbocycles. The molecule has 0 unspecified atom stereocenters. The Morgan fingerprint density at radius 3 is 2.78 bits per heavy atom. The average molecular weight is 486 g/mol. The van der Waals surface area contributed by atoms with E-state index in [0.717, 1.165) is 24.1 Å². The number of likely N-dealkylation sites (tertiary alicyclic amines) is 1. The first-order valence-electron chi connectivity index (χ1n) is 10.2. The summed E-state index contributed by atoms with van der Waals surface area (Å²) < 4.78 is 0. The lowest BCUT2D eigenvalue weighted by molar-refractivity contribution is -0.128. The smallest absolute Gasteiger partial charge is 0.260 e. The van der Waals surface area contributed by atoms with Gasteiger partial charge in [0.15, 0.2) is 5.13 Å². The third-order valence-electron chi connectivity index (χ3n) is 5.21. The number of thiazole rings is 1. The lowest BCUT2D eigenvalue weighted by atomic mass is 10.1. The van der Waals surface area contributed by atoms with Crippen LogP contribution in [0.25, 0.3) is 11.3 Å². The molecule has 1 aliphatic heterocycles. The van der Waals surface area contributed by atoms with Crippen molar-refractivity contribution in [3.05, 3.63) is 81.7 Å². The SMILES string of the molecule is C=CCN(C(=O)c1cccc(CN2CCCC2=O)c1)c1nc(-c2ccc(Cl)c(Cl)c2)cs1. The van der Waals surface area contributed by atoms with Gasteiger partial charge in [0.2, 0.25) is 5.91 Å². The highest BCUT2D eigenvalue weighted by molar-refractivity contribution is 7.14. The van der Waals surface area contributed by atoms with Crippen molar-refractivity contribution < 1.29 is 9.59 Å². The molecule has 32 heavy (non-hydrogen) atoms. The average Bonchev–Trinajstić information content (AvgIpc) is 3.43. The van der Waals surface area contributed by atoms with Crippen LogP contribution in [0.15, 0.2) is 60.5 Å². The molecule has 8 heteroatoms. The Labute approximate surface area is 200 Å². The number of hydrogen-bond donors (Lipinski definition) is 0. The van der Waals surface area contributed by atoms with Crippen LogP contribution < -0.4 is 4.90 Å². The van der Waals surface area contributed by atoms with E-state index in [1.165, 1.54) is 11.3 Å². The van der Waals surface area contributed by atoms with Gasteiger partial charge in [-0.1, -0.05) is 47.5 Å². The molecule has 0 N–H and O–H groups in total. The zero-order valence-corrected chi connectivity index (χ0v) is 19.6. The second kappa shape index (κ2) is 9.86. The van der Waals surface area contributed by atoms with Gasteiger partial charge < -0.3 is 4.90 Å². The van der Waals surface area contributed by atoms with Crippen molar-refractivity contribution in [3.63, 3.8) is 0 Å². The van der Waals surface area contributed by atoms with Gasteiger partial charge in [-0.15, -0.1) is 17.9 Å². The summed E-state index contributed by atoms with van der Waals surface area (Å²) in [4.78, 5) is 33.4. The maximum absolute atomic E-state index is 13.4. The number of amides is 2. The number of hydrogen-bond acceptors (Lipinski definition) is 4. The van der Waals surface area contributed by atoms with Crippen LogP contribution >= 0.6 is 34.5 Å². The predicted octanol–water partition coefficient (Wildman–Crippen LogP) is 6.07. The molecular formula is C24H21Cl2N3O2S. The van der Waals surface area contributed by atoms with Crippen LogP contribution in [0.3, 0.4) is 0 Å². The molecule has 0 aliphatic carbocycles. The lowest BCUT2D eigenvalue weighted by Gasteiger charge is -2.19. The molecule has 2 heterocycles. The van der Waals surface area contributed by atoms with E-state index in [4.69, 9.17) is 23.2 Å². The summed E-state index contributed by atoms with van der Waals surface area (Å²) in [6.45, 7) is 5.38. The zero-order valence-electron chi connectivity index (χ0n) is 17.3. The highest BCUT2D eigenvalue weighted by atomic mass is 35.5. The fourth-order valence-corrected chi connectivity index (χ4v) is 4.74. The first kappa shape index (κ1) is 22.5. The van der Waals surface area contributed by atoms with Crippen LogP contribution in [0.2, 0.25) is 10.0 Å². The van der Waals surface area contributed by atoms with Crippen molar-refractivity contribution in [2.75, 3.05) is 18.0 Å². The molecule has 3 aromatic rings. The minimum absolute atomic E-state index is 0.160. The molecule has 2 amide bonds. The summed E-state index contributed by atoms with van der Waals surface area (Å²) in [6, 6.07) is 12.7. The minimum atomic E-state index is -0.172. The topological polar surface area (TPSA) is 53.5 Å². The molecule has 0 spiro atoms. The molecular weight excluding hydrogens is 465 g/mol. The van der Waals surface area contributed by atoms with Crippen molar-refractivity contribution in [2.24, 2.45) is 0 Å². The van der Waals surface area contributed by atoms with Gasteiger partial charge >= 0.3 is 0 Å². The van der Waals surface area contributed by atoms with E-state index < -0.39 is 0 Å². The lowest BCUT2D eigenvalue weighted by Crippen LogP contribution is -2.31. The highest BCUT2D eigenvalue weighted by Crippen LogP contribution is 2.32.